The Kier molecular flexibility index (Phi) is 2.66. The Morgan fingerprint density at radius 3 is 2.67 bits per heavy atom. The van der Waals surface area contributed by atoms with Gasteiger partial charge < -0.3 is 0 Å². The lowest BCUT2D eigenvalue weighted by Gasteiger charge is -2.16. The molecular formula is C13H15NO3S. The molecule has 1 aromatic carbocycles. The van der Waals surface area contributed by atoms with Crippen molar-refractivity contribution in [2.75, 3.05) is 4.72 Å². The molecule has 1 aromatic rings. The summed E-state index contributed by atoms with van der Waals surface area (Å²) >= 11 is 0. The molecule has 0 spiro atoms. The molecule has 1 fully saturated rings. The molecule has 0 unspecified atom stereocenters. The lowest BCUT2D eigenvalue weighted by Crippen LogP contribution is -2.18. The number of hydrogen-bond acceptors (Lipinski definition) is 3. The second-order valence-corrected chi connectivity index (χ2v) is 6.96. The summed E-state index contributed by atoms with van der Waals surface area (Å²) in [6.07, 6.45) is 3.79. The van der Waals surface area contributed by atoms with Crippen molar-refractivity contribution in [3.63, 3.8) is 0 Å². The van der Waals surface area contributed by atoms with Crippen LogP contribution in [0, 0.1) is 0 Å². The maximum atomic E-state index is 11.8. The number of hydrogen-bond donors (Lipinski definition) is 1. The first-order chi connectivity index (χ1) is 8.56. The topological polar surface area (TPSA) is 63.2 Å². The van der Waals surface area contributed by atoms with Crippen molar-refractivity contribution < 1.29 is 13.2 Å². The number of fused-ring (bicyclic) bond motifs is 1. The van der Waals surface area contributed by atoms with E-state index < -0.39 is 10.0 Å². The van der Waals surface area contributed by atoms with Gasteiger partial charge in [0.1, 0.15) is 0 Å². The predicted molar refractivity (Wildman–Crippen MR) is 69.3 cm³/mol. The lowest BCUT2D eigenvalue weighted by molar-refractivity contribution is 0.0972. The lowest BCUT2D eigenvalue weighted by atomic mass is 9.90. The van der Waals surface area contributed by atoms with Gasteiger partial charge in [-0.05, 0) is 49.4 Å². The zero-order valence-corrected chi connectivity index (χ0v) is 10.8. The minimum absolute atomic E-state index is 0.160. The highest BCUT2D eigenvalue weighted by atomic mass is 32.2. The predicted octanol–water partition coefficient (Wildman–Crippen LogP) is 2.11. The Bertz CT molecular complexity index is 603. The van der Waals surface area contributed by atoms with Gasteiger partial charge in [0, 0.05) is 17.7 Å². The van der Waals surface area contributed by atoms with Crippen molar-refractivity contribution in [2.24, 2.45) is 0 Å². The molecule has 0 amide bonds. The molecule has 0 aliphatic heterocycles. The van der Waals surface area contributed by atoms with Crippen LogP contribution in [0.3, 0.4) is 0 Å². The van der Waals surface area contributed by atoms with Crippen LogP contribution >= 0.6 is 0 Å². The minimum atomic E-state index is -3.22. The third-order valence-corrected chi connectivity index (χ3v) is 5.35. The van der Waals surface area contributed by atoms with Gasteiger partial charge in [-0.1, -0.05) is 0 Å². The van der Waals surface area contributed by atoms with E-state index in [-0.39, 0.29) is 11.0 Å². The number of nitrogens with one attached hydrogen (secondary N) is 1. The maximum absolute atomic E-state index is 11.8. The third-order valence-electron chi connectivity index (χ3n) is 3.48. The molecule has 0 heterocycles. The number of carbonyl (C=O) groups is 1. The Morgan fingerprint density at radius 2 is 1.94 bits per heavy atom. The molecule has 2 aliphatic rings. The van der Waals surface area contributed by atoms with Crippen LogP contribution in [-0.2, 0) is 16.4 Å². The summed E-state index contributed by atoms with van der Waals surface area (Å²) in [6.45, 7) is 0. The second kappa shape index (κ2) is 4.09. The van der Waals surface area contributed by atoms with E-state index in [2.05, 4.69) is 4.72 Å². The molecule has 0 atom stereocenters. The zero-order valence-electron chi connectivity index (χ0n) is 9.98. The van der Waals surface area contributed by atoms with E-state index in [9.17, 15) is 13.2 Å². The Morgan fingerprint density at radius 1 is 1.17 bits per heavy atom. The molecule has 0 aromatic heterocycles. The van der Waals surface area contributed by atoms with E-state index in [1.807, 2.05) is 0 Å². The van der Waals surface area contributed by atoms with Crippen LogP contribution in [0.2, 0.25) is 0 Å². The normalized spacial score (nSPS) is 19.4. The van der Waals surface area contributed by atoms with Gasteiger partial charge in [-0.2, -0.15) is 0 Å². The molecule has 0 bridgehead atoms. The summed E-state index contributed by atoms with van der Waals surface area (Å²) < 4.78 is 26.2. The van der Waals surface area contributed by atoms with Crippen molar-refractivity contribution >= 4 is 21.5 Å². The third kappa shape index (κ3) is 2.14. The zero-order chi connectivity index (χ0) is 12.8. The van der Waals surface area contributed by atoms with Gasteiger partial charge in [-0.15, -0.1) is 0 Å². The van der Waals surface area contributed by atoms with Crippen LogP contribution in [-0.4, -0.2) is 19.5 Å². The van der Waals surface area contributed by atoms with E-state index in [4.69, 9.17) is 0 Å². The molecule has 1 saturated carbocycles. The highest BCUT2D eigenvalue weighted by molar-refractivity contribution is 7.93. The monoisotopic (exact) mass is 265 g/mol. The average molecular weight is 265 g/mol. The first-order valence-electron chi connectivity index (χ1n) is 6.24. The maximum Gasteiger partial charge on any atom is 0.235 e. The van der Waals surface area contributed by atoms with Crippen molar-refractivity contribution in [1.29, 1.82) is 0 Å². The van der Waals surface area contributed by atoms with Gasteiger partial charge in [0.15, 0.2) is 5.78 Å². The molecule has 4 nitrogen and oxygen atoms in total. The Labute approximate surface area is 106 Å². The van der Waals surface area contributed by atoms with Crippen LogP contribution in [0.4, 0.5) is 5.69 Å². The minimum Gasteiger partial charge on any atom is -0.294 e. The molecule has 0 saturated heterocycles. The highest BCUT2D eigenvalue weighted by Crippen LogP contribution is 2.31. The van der Waals surface area contributed by atoms with Crippen molar-refractivity contribution in [1.82, 2.24) is 0 Å². The van der Waals surface area contributed by atoms with Crippen molar-refractivity contribution in [2.45, 2.75) is 37.4 Å². The van der Waals surface area contributed by atoms with E-state index in [1.54, 1.807) is 18.2 Å². The second-order valence-electron chi connectivity index (χ2n) is 5.00. The fourth-order valence-electron chi connectivity index (χ4n) is 2.34. The number of ketones is 1. The smallest absolute Gasteiger partial charge is 0.235 e. The van der Waals surface area contributed by atoms with Gasteiger partial charge in [-0.3, -0.25) is 9.52 Å². The van der Waals surface area contributed by atoms with E-state index in [0.717, 1.165) is 36.8 Å². The molecule has 0 radical (unpaired) electrons. The first-order valence-corrected chi connectivity index (χ1v) is 7.79. The molecule has 96 valence electrons. The Hall–Kier alpha value is -1.36. The summed E-state index contributed by atoms with van der Waals surface area (Å²) in [5.41, 5.74) is 2.29. The van der Waals surface area contributed by atoms with Gasteiger partial charge >= 0.3 is 0 Å². The van der Waals surface area contributed by atoms with Crippen LogP contribution in [0.15, 0.2) is 18.2 Å². The number of benzene rings is 1. The fourth-order valence-corrected chi connectivity index (χ4v) is 3.71. The molecular weight excluding hydrogens is 250 g/mol. The standard InChI is InChI=1S/C13H15NO3S/c15-13-3-1-2-9-8-10(4-7-12(9)13)14-18(16,17)11-5-6-11/h4,7-8,11,14H,1-3,5-6H2. The number of sulfonamides is 1. The summed E-state index contributed by atoms with van der Waals surface area (Å²) in [4.78, 5) is 11.7. The molecule has 2 aliphatic carbocycles. The highest BCUT2D eigenvalue weighted by Gasteiger charge is 2.35. The molecule has 1 N–H and O–H groups in total. The summed E-state index contributed by atoms with van der Waals surface area (Å²) in [7, 11) is -3.22. The summed E-state index contributed by atoms with van der Waals surface area (Å²) in [5, 5.41) is -0.227. The van der Waals surface area contributed by atoms with Crippen molar-refractivity contribution in [3.8, 4) is 0 Å². The number of rotatable bonds is 3. The van der Waals surface area contributed by atoms with Gasteiger partial charge in [0.2, 0.25) is 10.0 Å². The Balaban J connectivity index is 1.88. The molecule has 18 heavy (non-hydrogen) atoms. The number of aryl methyl sites for hydroxylation is 1. The van der Waals surface area contributed by atoms with Gasteiger partial charge in [-0.25, -0.2) is 8.42 Å². The first kappa shape index (κ1) is 11.7. The van der Waals surface area contributed by atoms with Crippen LogP contribution in [0.25, 0.3) is 0 Å². The van der Waals surface area contributed by atoms with Crippen LogP contribution in [0.1, 0.15) is 41.6 Å². The average Bonchev–Trinajstić information content (AvgIpc) is 3.12. The summed E-state index contributed by atoms with van der Waals surface area (Å²) in [5.74, 6) is 0.160. The molecule has 3 rings (SSSR count). The SMILES string of the molecule is O=C1CCCc2cc(NS(=O)(=O)C3CC3)ccc21. The van der Waals surface area contributed by atoms with Crippen LogP contribution < -0.4 is 4.72 Å². The van der Waals surface area contributed by atoms with Gasteiger partial charge in [0.25, 0.3) is 0 Å². The number of anilines is 1. The van der Waals surface area contributed by atoms with Crippen LogP contribution in [0.5, 0.6) is 0 Å². The van der Waals surface area contributed by atoms with E-state index >= 15 is 0 Å². The van der Waals surface area contributed by atoms with Gasteiger partial charge in [0.05, 0.1) is 5.25 Å². The number of carbonyl (C=O) groups excluding carboxylic acids is 1. The largest absolute Gasteiger partial charge is 0.294 e. The fraction of sp³-hybridized carbons (Fsp3) is 0.462. The quantitative estimate of drug-likeness (QED) is 0.910. The van der Waals surface area contributed by atoms with E-state index in [0.29, 0.717) is 12.1 Å². The molecule has 5 heteroatoms. The van der Waals surface area contributed by atoms with E-state index in [1.165, 1.54) is 0 Å². The summed E-state index contributed by atoms with van der Waals surface area (Å²) in [6, 6.07) is 5.22. The van der Waals surface area contributed by atoms with Crippen molar-refractivity contribution in [3.05, 3.63) is 29.3 Å². The number of Topliss-reactive ketones (excluding diaryl/α,β-unsaturated/α-hetero) is 1.